The highest BCUT2D eigenvalue weighted by Crippen LogP contribution is 2.34. The zero-order valence-electron chi connectivity index (χ0n) is 9.16. The molecule has 0 atom stereocenters. The van der Waals surface area contributed by atoms with Crippen molar-refractivity contribution in [1.29, 1.82) is 0 Å². The van der Waals surface area contributed by atoms with Gasteiger partial charge in [-0.15, -0.1) is 0 Å². The second-order valence-electron chi connectivity index (χ2n) is 5.01. The van der Waals surface area contributed by atoms with E-state index < -0.39 is 5.97 Å². The Hall–Kier alpha value is -1.32. The quantitative estimate of drug-likeness (QED) is 0.801. The van der Waals surface area contributed by atoms with Crippen LogP contribution in [0.2, 0.25) is 0 Å². The third-order valence-corrected chi connectivity index (χ3v) is 3.03. The number of aromatic nitrogens is 2. The number of carbonyl (C=O) groups is 1. The molecule has 82 valence electrons. The summed E-state index contributed by atoms with van der Waals surface area (Å²) >= 11 is 0. The third-order valence-electron chi connectivity index (χ3n) is 3.03. The number of fused-ring (bicyclic) bond motifs is 1. The van der Waals surface area contributed by atoms with Crippen molar-refractivity contribution in [2.24, 2.45) is 5.41 Å². The number of aliphatic carboxylic acids is 1. The Kier molecular flexibility index (Phi) is 2.29. The fourth-order valence-electron chi connectivity index (χ4n) is 2.21. The molecule has 0 fully saturated rings. The number of hydrogen-bond donors (Lipinski definition) is 1. The van der Waals surface area contributed by atoms with E-state index in [0.29, 0.717) is 5.41 Å². The molecule has 0 saturated heterocycles. The molecule has 1 N–H and O–H groups in total. The normalized spacial score (nSPS) is 18.5. The lowest BCUT2D eigenvalue weighted by molar-refractivity contribution is -0.137. The molecule has 0 aromatic carbocycles. The minimum Gasteiger partial charge on any atom is -0.480 e. The van der Waals surface area contributed by atoms with E-state index in [1.807, 2.05) is 6.20 Å². The van der Waals surface area contributed by atoms with Crippen molar-refractivity contribution < 1.29 is 9.90 Å². The summed E-state index contributed by atoms with van der Waals surface area (Å²) in [6.07, 6.45) is 4.86. The van der Waals surface area contributed by atoms with Crippen molar-refractivity contribution in [3.8, 4) is 0 Å². The largest absolute Gasteiger partial charge is 0.480 e. The van der Waals surface area contributed by atoms with Gasteiger partial charge in [0.1, 0.15) is 6.54 Å². The average molecular weight is 208 g/mol. The first-order valence-electron chi connectivity index (χ1n) is 5.23. The van der Waals surface area contributed by atoms with E-state index >= 15 is 0 Å². The van der Waals surface area contributed by atoms with Crippen molar-refractivity contribution in [2.75, 3.05) is 0 Å². The van der Waals surface area contributed by atoms with E-state index in [1.165, 1.54) is 5.56 Å². The highest BCUT2D eigenvalue weighted by atomic mass is 16.4. The highest BCUT2D eigenvalue weighted by molar-refractivity contribution is 5.66. The van der Waals surface area contributed by atoms with Crippen molar-refractivity contribution in [2.45, 2.75) is 39.7 Å². The van der Waals surface area contributed by atoms with Gasteiger partial charge in [-0.2, -0.15) is 5.10 Å². The minimum atomic E-state index is -0.828. The Morgan fingerprint density at radius 2 is 2.40 bits per heavy atom. The molecule has 0 unspecified atom stereocenters. The number of hydrogen-bond acceptors (Lipinski definition) is 2. The van der Waals surface area contributed by atoms with Crippen LogP contribution in [-0.4, -0.2) is 20.9 Å². The molecular weight excluding hydrogens is 192 g/mol. The molecule has 0 spiro atoms. The van der Waals surface area contributed by atoms with E-state index in [9.17, 15) is 4.79 Å². The number of rotatable bonds is 2. The predicted molar refractivity (Wildman–Crippen MR) is 55.7 cm³/mol. The molecule has 1 aliphatic carbocycles. The second-order valence-corrected chi connectivity index (χ2v) is 5.01. The monoisotopic (exact) mass is 208 g/mol. The Morgan fingerprint density at radius 3 is 3.07 bits per heavy atom. The molecule has 1 aromatic heterocycles. The first-order chi connectivity index (χ1) is 6.98. The lowest BCUT2D eigenvalue weighted by Crippen LogP contribution is -2.24. The lowest BCUT2D eigenvalue weighted by atomic mass is 9.77. The van der Waals surface area contributed by atoms with Crippen LogP contribution in [0.25, 0.3) is 0 Å². The number of carboxylic acid groups (broad SMARTS) is 1. The maximum Gasteiger partial charge on any atom is 0.325 e. The summed E-state index contributed by atoms with van der Waals surface area (Å²) in [6.45, 7) is 4.46. The Labute approximate surface area is 88.9 Å². The SMILES string of the molecule is CC1(C)CCc2c(cnn2CC(=O)O)C1. The van der Waals surface area contributed by atoms with Gasteiger partial charge in [-0.3, -0.25) is 9.48 Å². The zero-order chi connectivity index (χ0) is 11.1. The van der Waals surface area contributed by atoms with Crippen LogP contribution in [0.5, 0.6) is 0 Å². The van der Waals surface area contributed by atoms with Crippen molar-refractivity contribution >= 4 is 5.97 Å². The van der Waals surface area contributed by atoms with Crippen LogP contribution in [0, 0.1) is 5.41 Å². The van der Waals surface area contributed by atoms with Crippen LogP contribution in [0.4, 0.5) is 0 Å². The van der Waals surface area contributed by atoms with Gasteiger partial charge in [0.25, 0.3) is 0 Å². The second kappa shape index (κ2) is 3.36. The van der Waals surface area contributed by atoms with E-state index in [0.717, 1.165) is 25.0 Å². The van der Waals surface area contributed by atoms with Crippen molar-refractivity contribution in [3.63, 3.8) is 0 Å². The Bertz CT molecular complexity index is 393. The smallest absolute Gasteiger partial charge is 0.325 e. The lowest BCUT2D eigenvalue weighted by Gasteiger charge is -2.29. The molecule has 0 amide bonds. The number of carboxylic acids is 1. The van der Waals surface area contributed by atoms with E-state index in [-0.39, 0.29) is 6.54 Å². The summed E-state index contributed by atoms with van der Waals surface area (Å²) in [5.41, 5.74) is 2.65. The van der Waals surface area contributed by atoms with Crippen LogP contribution >= 0.6 is 0 Å². The average Bonchev–Trinajstić information content (AvgIpc) is 2.45. The van der Waals surface area contributed by atoms with Gasteiger partial charge >= 0.3 is 5.97 Å². The van der Waals surface area contributed by atoms with Gasteiger partial charge in [0.15, 0.2) is 0 Å². The molecule has 4 heteroatoms. The first-order valence-corrected chi connectivity index (χ1v) is 5.23. The summed E-state index contributed by atoms with van der Waals surface area (Å²) in [5.74, 6) is -0.828. The molecule has 0 radical (unpaired) electrons. The van der Waals surface area contributed by atoms with Crippen LogP contribution in [0.3, 0.4) is 0 Å². The Morgan fingerprint density at radius 1 is 1.67 bits per heavy atom. The van der Waals surface area contributed by atoms with Crippen LogP contribution in [0.15, 0.2) is 6.20 Å². The highest BCUT2D eigenvalue weighted by Gasteiger charge is 2.28. The number of nitrogens with zero attached hydrogens (tertiary/aromatic N) is 2. The first kappa shape index (κ1) is 10.2. The van der Waals surface area contributed by atoms with Crippen LogP contribution in [0.1, 0.15) is 31.5 Å². The van der Waals surface area contributed by atoms with Gasteiger partial charge < -0.3 is 5.11 Å². The zero-order valence-corrected chi connectivity index (χ0v) is 9.16. The van der Waals surface area contributed by atoms with Crippen LogP contribution in [-0.2, 0) is 24.2 Å². The minimum absolute atomic E-state index is 0.0181. The van der Waals surface area contributed by atoms with Crippen molar-refractivity contribution in [1.82, 2.24) is 9.78 Å². The van der Waals surface area contributed by atoms with Gasteiger partial charge in [0, 0.05) is 5.69 Å². The maximum atomic E-state index is 10.6. The molecule has 1 aromatic rings. The molecule has 4 nitrogen and oxygen atoms in total. The molecule has 0 saturated carbocycles. The standard InChI is InChI=1S/C11H16N2O2/c1-11(2)4-3-9-8(5-11)6-12-13(9)7-10(14)15/h6H,3-5,7H2,1-2H3,(H,14,15). The molecule has 0 bridgehead atoms. The fourth-order valence-corrected chi connectivity index (χ4v) is 2.21. The van der Waals surface area contributed by atoms with Gasteiger partial charge in [-0.05, 0) is 30.2 Å². The van der Waals surface area contributed by atoms with E-state index in [1.54, 1.807) is 4.68 Å². The topological polar surface area (TPSA) is 55.1 Å². The molecule has 15 heavy (non-hydrogen) atoms. The molecule has 1 heterocycles. The third kappa shape index (κ3) is 2.03. The fraction of sp³-hybridized carbons (Fsp3) is 0.636. The molecule has 0 aliphatic heterocycles. The maximum absolute atomic E-state index is 10.6. The van der Waals surface area contributed by atoms with E-state index in [2.05, 4.69) is 18.9 Å². The summed E-state index contributed by atoms with van der Waals surface area (Å²) in [6, 6.07) is 0. The summed E-state index contributed by atoms with van der Waals surface area (Å²) in [5, 5.41) is 12.9. The summed E-state index contributed by atoms with van der Waals surface area (Å²) in [4.78, 5) is 10.6. The molecular formula is C11H16N2O2. The Balaban J connectivity index is 2.26. The predicted octanol–water partition coefficient (Wildman–Crippen LogP) is 1.48. The van der Waals surface area contributed by atoms with Gasteiger partial charge in [-0.1, -0.05) is 13.8 Å². The molecule has 1 aliphatic rings. The summed E-state index contributed by atoms with van der Waals surface area (Å²) in [7, 11) is 0. The molecule has 2 rings (SSSR count). The van der Waals surface area contributed by atoms with Crippen molar-refractivity contribution in [3.05, 3.63) is 17.5 Å². The summed E-state index contributed by atoms with van der Waals surface area (Å²) < 4.78 is 1.62. The van der Waals surface area contributed by atoms with Gasteiger partial charge in [0.05, 0.1) is 6.20 Å². The van der Waals surface area contributed by atoms with Crippen LogP contribution < -0.4 is 0 Å². The van der Waals surface area contributed by atoms with E-state index in [4.69, 9.17) is 5.11 Å². The van der Waals surface area contributed by atoms with Gasteiger partial charge in [0.2, 0.25) is 0 Å². The van der Waals surface area contributed by atoms with Gasteiger partial charge in [-0.25, -0.2) is 0 Å².